The van der Waals surface area contributed by atoms with E-state index in [9.17, 15) is 18.4 Å². The number of nitrogens with zero attached hydrogens (tertiary/aromatic N) is 2. The molecule has 2 aromatic carbocycles. The number of amides is 1. The van der Waals surface area contributed by atoms with Crippen LogP contribution in [0.5, 0.6) is 0 Å². The van der Waals surface area contributed by atoms with Crippen molar-refractivity contribution < 1.29 is 23.1 Å². The summed E-state index contributed by atoms with van der Waals surface area (Å²) in [5.74, 6) is -3.41. The van der Waals surface area contributed by atoms with E-state index in [0.29, 0.717) is 11.3 Å². The number of carbonyl (C=O) groups is 2. The molecule has 31 heavy (non-hydrogen) atoms. The molecule has 0 N–H and O–H groups in total. The Hall–Kier alpha value is -3.53. The second kappa shape index (κ2) is 9.09. The molecule has 1 unspecified atom stereocenters. The predicted molar refractivity (Wildman–Crippen MR) is 109 cm³/mol. The van der Waals surface area contributed by atoms with Crippen molar-refractivity contribution in [2.75, 3.05) is 0 Å². The number of carbonyl (C=O) groups excluding carboxylic acids is 2. The van der Waals surface area contributed by atoms with E-state index < -0.39 is 29.6 Å². The minimum atomic E-state index is -0.888. The van der Waals surface area contributed by atoms with E-state index >= 15 is 0 Å². The molecular weight excluding hydrogens is 402 g/mol. The number of nitriles is 1. The third-order valence-electron chi connectivity index (χ3n) is 5.12. The molecule has 0 bridgehead atoms. The smallest absolute Gasteiger partial charge is 0.336 e. The standard InChI is InChI=1S/C24H22F2N2O3/c1-14(2)31-24(30)23-15(3)28(13-17-6-4-5-16(9-17)12-27)22(29)11-20(23)19-8-7-18(25)10-21(19)26/h4-10,14,20H,11,13H2,1-3H3. The monoisotopic (exact) mass is 424 g/mol. The topological polar surface area (TPSA) is 70.4 Å². The van der Waals surface area contributed by atoms with Crippen molar-refractivity contribution in [2.45, 2.75) is 45.8 Å². The fourth-order valence-corrected chi connectivity index (χ4v) is 3.72. The molecule has 0 fully saturated rings. The average Bonchev–Trinajstić information content (AvgIpc) is 2.70. The molecule has 0 spiro atoms. The van der Waals surface area contributed by atoms with E-state index in [4.69, 9.17) is 10.00 Å². The third-order valence-corrected chi connectivity index (χ3v) is 5.12. The maximum absolute atomic E-state index is 14.5. The van der Waals surface area contributed by atoms with Crippen LogP contribution in [0.15, 0.2) is 53.7 Å². The first-order chi connectivity index (χ1) is 14.7. The van der Waals surface area contributed by atoms with Gasteiger partial charge < -0.3 is 9.64 Å². The lowest BCUT2D eigenvalue weighted by molar-refractivity contribution is -0.143. The van der Waals surface area contributed by atoms with Crippen LogP contribution < -0.4 is 0 Å². The Balaban J connectivity index is 2.07. The van der Waals surface area contributed by atoms with Crippen LogP contribution in [-0.4, -0.2) is 22.9 Å². The Morgan fingerprint density at radius 2 is 2.00 bits per heavy atom. The molecule has 3 rings (SSSR count). The van der Waals surface area contributed by atoms with Crippen molar-refractivity contribution in [1.29, 1.82) is 5.26 Å². The summed E-state index contributed by atoms with van der Waals surface area (Å²) >= 11 is 0. The van der Waals surface area contributed by atoms with Crippen LogP contribution in [0.4, 0.5) is 8.78 Å². The Morgan fingerprint density at radius 1 is 1.26 bits per heavy atom. The lowest BCUT2D eigenvalue weighted by Gasteiger charge is -2.35. The van der Waals surface area contributed by atoms with E-state index in [1.165, 1.54) is 11.0 Å². The molecule has 5 nitrogen and oxygen atoms in total. The molecule has 1 amide bonds. The Morgan fingerprint density at radius 3 is 2.65 bits per heavy atom. The summed E-state index contributed by atoms with van der Waals surface area (Å²) in [5, 5.41) is 9.11. The minimum Gasteiger partial charge on any atom is -0.460 e. The molecule has 7 heteroatoms. The van der Waals surface area contributed by atoms with Crippen molar-refractivity contribution in [2.24, 2.45) is 0 Å². The van der Waals surface area contributed by atoms with Crippen molar-refractivity contribution in [1.82, 2.24) is 4.90 Å². The van der Waals surface area contributed by atoms with Crippen LogP contribution in [0.2, 0.25) is 0 Å². The summed E-state index contributed by atoms with van der Waals surface area (Å²) < 4.78 is 33.3. The van der Waals surface area contributed by atoms with Gasteiger partial charge in [0.05, 0.1) is 29.9 Å². The maximum Gasteiger partial charge on any atom is 0.336 e. The van der Waals surface area contributed by atoms with Gasteiger partial charge in [-0.3, -0.25) is 4.79 Å². The zero-order valence-electron chi connectivity index (χ0n) is 17.5. The summed E-state index contributed by atoms with van der Waals surface area (Å²) in [6.07, 6.45) is -0.578. The van der Waals surface area contributed by atoms with Gasteiger partial charge in [-0.15, -0.1) is 0 Å². The van der Waals surface area contributed by atoms with E-state index in [0.717, 1.165) is 17.7 Å². The van der Waals surface area contributed by atoms with Gasteiger partial charge in [-0.2, -0.15) is 5.26 Å². The van der Waals surface area contributed by atoms with Gasteiger partial charge in [0.15, 0.2) is 0 Å². The zero-order chi connectivity index (χ0) is 22.7. The van der Waals surface area contributed by atoms with Gasteiger partial charge in [0, 0.05) is 24.1 Å². The largest absolute Gasteiger partial charge is 0.460 e. The summed E-state index contributed by atoms with van der Waals surface area (Å²) in [6, 6.07) is 12.0. The maximum atomic E-state index is 14.5. The molecule has 1 aliphatic heterocycles. The average molecular weight is 424 g/mol. The SMILES string of the molecule is CC1=C(C(=O)OC(C)C)C(c2ccc(F)cc2F)CC(=O)N1Cc1cccc(C#N)c1. The van der Waals surface area contributed by atoms with Gasteiger partial charge in [-0.05, 0) is 50.1 Å². The Kier molecular flexibility index (Phi) is 6.50. The molecule has 0 saturated heterocycles. The summed E-state index contributed by atoms with van der Waals surface area (Å²) in [6.45, 7) is 5.15. The minimum absolute atomic E-state index is 0.0657. The van der Waals surface area contributed by atoms with Gasteiger partial charge in [0.2, 0.25) is 5.91 Å². The van der Waals surface area contributed by atoms with E-state index in [-0.39, 0.29) is 30.0 Å². The quantitative estimate of drug-likeness (QED) is 0.659. The number of allylic oxidation sites excluding steroid dienone is 1. The number of halogens is 2. The van der Waals surface area contributed by atoms with Crippen LogP contribution in [0.1, 0.15) is 49.8 Å². The van der Waals surface area contributed by atoms with Gasteiger partial charge in [0.25, 0.3) is 0 Å². The molecule has 0 saturated carbocycles. The Labute approximate surface area is 179 Å². The number of ether oxygens (including phenoxy) is 1. The van der Waals surface area contributed by atoms with Crippen LogP contribution in [0, 0.1) is 23.0 Å². The first-order valence-electron chi connectivity index (χ1n) is 9.87. The first-order valence-corrected chi connectivity index (χ1v) is 9.87. The second-order valence-corrected chi connectivity index (χ2v) is 7.67. The number of benzene rings is 2. The molecule has 0 aliphatic carbocycles. The van der Waals surface area contributed by atoms with Gasteiger partial charge >= 0.3 is 5.97 Å². The summed E-state index contributed by atoms with van der Waals surface area (Å²) in [4.78, 5) is 27.4. The van der Waals surface area contributed by atoms with Crippen LogP contribution in [0.25, 0.3) is 0 Å². The van der Waals surface area contributed by atoms with Gasteiger partial charge in [0.1, 0.15) is 11.6 Å². The molecule has 0 radical (unpaired) electrons. The van der Waals surface area contributed by atoms with E-state index in [2.05, 4.69) is 6.07 Å². The number of esters is 1. The number of rotatable bonds is 5. The van der Waals surface area contributed by atoms with Crippen molar-refractivity contribution in [3.63, 3.8) is 0 Å². The molecular formula is C24H22F2N2O3. The first kappa shape index (κ1) is 22.2. The lowest BCUT2D eigenvalue weighted by Crippen LogP contribution is -2.38. The van der Waals surface area contributed by atoms with Crippen molar-refractivity contribution in [3.05, 3.63) is 82.1 Å². The predicted octanol–water partition coefficient (Wildman–Crippen LogP) is 4.58. The van der Waals surface area contributed by atoms with Crippen LogP contribution >= 0.6 is 0 Å². The van der Waals surface area contributed by atoms with E-state index in [1.807, 2.05) is 0 Å². The summed E-state index contributed by atoms with van der Waals surface area (Å²) in [5.41, 5.74) is 1.74. The molecule has 2 aromatic rings. The highest BCUT2D eigenvalue weighted by Crippen LogP contribution is 2.39. The Bertz CT molecular complexity index is 1100. The zero-order valence-corrected chi connectivity index (χ0v) is 17.5. The lowest BCUT2D eigenvalue weighted by atomic mass is 9.83. The fraction of sp³-hybridized carbons (Fsp3) is 0.292. The molecule has 0 aromatic heterocycles. The fourth-order valence-electron chi connectivity index (χ4n) is 3.72. The molecule has 1 heterocycles. The van der Waals surface area contributed by atoms with Crippen molar-refractivity contribution in [3.8, 4) is 6.07 Å². The second-order valence-electron chi connectivity index (χ2n) is 7.67. The van der Waals surface area contributed by atoms with E-state index in [1.54, 1.807) is 45.0 Å². The number of hydrogen-bond acceptors (Lipinski definition) is 4. The summed E-state index contributed by atoms with van der Waals surface area (Å²) in [7, 11) is 0. The molecule has 1 atom stereocenters. The normalized spacial score (nSPS) is 16.5. The molecule has 1 aliphatic rings. The number of hydrogen-bond donors (Lipinski definition) is 0. The highest BCUT2D eigenvalue weighted by atomic mass is 19.1. The van der Waals surface area contributed by atoms with Crippen molar-refractivity contribution >= 4 is 11.9 Å². The van der Waals surface area contributed by atoms with Crippen LogP contribution in [-0.2, 0) is 20.9 Å². The highest BCUT2D eigenvalue weighted by molar-refractivity contribution is 5.96. The molecule has 160 valence electrons. The van der Waals surface area contributed by atoms with Crippen LogP contribution in [0.3, 0.4) is 0 Å². The third kappa shape index (κ3) is 4.80. The van der Waals surface area contributed by atoms with Gasteiger partial charge in [-0.25, -0.2) is 13.6 Å². The highest BCUT2D eigenvalue weighted by Gasteiger charge is 2.38. The van der Waals surface area contributed by atoms with Gasteiger partial charge in [-0.1, -0.05) is 18.2 Å².